The molecule has 1 heterocycles. The summed E-state index contributed by atoms with van der Waals surface area (Å²) in [5.41, 5.74) is -0.687. The molecule has 31 heavy (non-hydrogen) atoms. The number of carbonyl (C=O) groups is 2. The molecule has 0 aliphatic carbocycles. The van der Waals surface area contributed by atoms with Crippen molar-refractivity contribution in [1.82, 2.24) is 9.99 Å². The highest BCUT2D eigenvalue weighted by Gasteiger charge is 2.16. The number of nitrogens with one attached hydrogen (secondary N) is 1. The second-order valence-corrected chi connectivity index (χ2v) is 9.11. The van der Waals surface area contributed by atoms with Gasteiger partial charge < -0.3 is 24.9 Å². The average molecular weight is 452 g/mol. The van der Waals surface area contributed by atoms with Crippen molar-refractivity contribution >= 4 is 34.7 Å². The van der Waals surface area contributed by atoms with Crippen LogP contribution in [-0.2, 0) is 9.47 Å². The minimum absolute atomic E-state index is 0.274. The molecule has 9 nitrogen and oxygen atoms in total. The van der Waals surface area contributed by atoms with Gasteiger partial charge in [0, 0.05) is 42.9 Å². The lowest BCUT2D eigenvalue weighted by atomic mass is 10.1. The van der Waals surface area contributed by atoms with Crippen LogP contribution < -0.4 is 15.8 Å². The number of hydrogen-bond acceptors (Lipinski definition) is 7. The number of rotatable bonds is 9. The molecule has 1 aromatic heterocycles. The molecule has 0 spiro atoms. The van der Waals surface area contributed by atoms with Crippen molar-refractivity contribution < 1.29 is 24.2 Å². The molecule has 0 radical (unpaired) electrons. The van der Waals surface area contributed by atoms with Crippen molar-refractivity contribution in [3.05, 3.63) is 40.2 Å². The van der Waals surface area contributed by atoms with Gasteiger partial charge in [-0.05, 0) is 39.0 Å². The van der Waals surface area contributed by atoms with Crippen LogP contribution in [0.5, 0.6) is 0 Å². The van der Waals surface area contributed by atoms with Crippen LogP contribution in [0.4, 0.5) is 4.79 Å². The molecule has 10 heteroatoms. The van der Waals surface area contributed by atoms with Gasteiger partial charge in [-0.3, -0.25) is 9.47 Å². The van der Waals surface area contributed by atoms with Crippen molar-refractivity contribution in [2.75, 3.05) is 44.6 Å². The van der Waals surface area contributed by atoms with Gasteiger partial charge in [0.2, 0.25) is 5.43 Å². The van der Waals surface area contributed by atoms with E-state index in [0.717, 1.165) is 4.90 Å². The highest BCUT2D eigenvalue weighted by Crippen LogP contribution is 2.22. The number of pyridine rings is 1. The first kappa shape index (κ1) is 24.5. The van der Waals surface area contributed by atoms with E-state index in [1.54, 1.807) is 56.7 Å². The third-order valence-electron chi connectivity index (χ3n) is 4.03. The number of hydrogen-bond donors (Lipinski definition) is 2. The number of alkyl carbamates (subject to hydrolysis) is 1. The molecule has 2 rings (SSSR count). The van der Waals surface area contributed by atoms with Crippen molar-refractivity contribution in [2.45, 2.75) is 31.3 Å². The first-order valence-electron chi connectivity index (χ1n) is 9.77. The Labute approximate surface area is 185 Å². The normalized spacial score (nSPS) is 11.4. The molecule has 0 aliphatic rings. The second-order valence-electron chi connectivity index (χ2n) is 7.94. The molecular formula is C21H29N3O6S. The second kappa shape index (κ2) is 10.5. The maximum atomic E-state index is 12.6. The van der Waals surface area contributed by atoms with Crippen LogP contribution in [0, 0.1) is 0 Å². The molecule has 0 atom stereocenters. The van der Waals surface area contributed by atoms with E-state index >= 15 is 0 Å². The first-order chi connectivity index (χ1) is 14.5. The minimum atomic E-state index is -1.26. The Morgan fingerprint density at radius 1 is 1.23 bits per heavy atom. The average Bonchev–Trinajstić information content (AvgIpc) is 2.65. The van der Waals surface area contributed by atoms with E-state index in [2.05, 4.69) is 5.32 Å². The van der Waals surface area contributed by atoms with Gasteiger partial charge in [-0.25, -0.2) is 9.59 Å². The predicted molar refractivity (Wildman–Crippen MR) is 121 cm³/mol. The Hall–Kier alpha value is -2.72. The third kappa shape index (κ3) is 7.18. The van der Waals surface area contributed by atoms with Crippen LogP contribution in [0.15, 0.2) is 34.1 Å². The topological polar surface area (TPSA) is 110 Å². The number of nitrogens with zero attached hydrogens (tertiary/aromatic N) is 2. The molecule has 170 valence electrons. The summed E-state index contributed by atoms with van der Waals surface area (Å²) in [5.74, 6) is -0.618. The maximum Gasteiger partial charge on any atom is 0.407 e. The quantitative estimate of drug-likeness (QED) is 0.442. The lowest BCUT2D eigenvalue weighted by Gasteiger charge is -2.20. The van der Waals surface area contributed by atoms with E-state index in [9.17, 15) is 19.5 Å². The Balaban J connectivity index is 1.92. The number of thioether (sulfide) groups is 1. The SMILES string of the molecule is CN(C)n1cc(C(=O)O)c(=O)c2cc(SCCOCCNC(=O)OC(C)(C)C)ccc21. The number of carbonyl (C=O) groups excluding carboxylic acids is 1. The molecule has 0 fully saturated rings. The highest BCUT2D eigenvalue weighted by molar-refractivity contribution is 7.99. The lowest BCUT2D eigenvalue weighted by Crippen LogP contribution is -2.34. The Morgan fingerprint density at radius 2 is 1.94 bits per heavy atom. The number of carboxylic acids is 1. The lowest BCUT2D eigenvalue weighted by molar-refractivity contribution is 0.0503. The molecule has 1 aromatic carbocycles. The predicted octanol–water partition coefficient (Wildman–Crippen LogP) is 2.53. The minimum Gasteiger partial charge on any atom is -0.477 e. The number of ether oxygens (including phenoxy) is 2. The van der Waals surface area contributed by atoms with Crippen molar-refractivity contribution in [3.63, 3.8) is 0 Å². The zero-order valence-electron chi connectivity index (χ0n) is 18.4. The fraction of sp³-hybridized carbons (Fsp3) is 0.476. The highest BCUT2D eigenvalue weighted by atomic mass is 32.2. The number of aromatic carboxylic acids is 1. The van der Waals surface area contributed by atoms with Gasteiger partial charge in [-0.2, -0.15) is 0 Å². The molecule has 0 saturated carbocycles. The molecule has 2 aromatic rings. The van der Waals surface area contributed by atoms with E-state index in [0.29, 0.717) is 36.4 Å². The maximum absolute atomic E-state index is 12.6. The zero-order valence-corrected chi connectivity index (χ0v) is 19.2. The summed E-state index contributed by atoms with van der Waals surface area (Å²) in [6.07, 6.45) is 0.852. The van der Waals surface area contributed by atoms with E-state index in [-0.39, 0.29) is 5.56 Å². The zero-order chi connectivity index (χ0) is 23.2. The van der Waals surface area contributed by atoms with Gasteiger partial charge in [0.1, 0.15) is 11.2 Å². The molecule has 1 amide bonds. The summed E-state index contributed by atoms with van der Waals surface area (Å²) in [6, 6.07) is 5.39. The number of aromatic nitrogens is 1. The fourth-order valence-corrected chi connectivity index (χ4v) is 3.53. The molecule has 0 aliphatic heterocycles. The Kier molecular flexibility index (Phi) is 8.35. The van der Waals surface area contributed by atoms with Gasteiger partial charge in [0.25, 0.3) is 0 Å². The standard InChI is InChI=1S/C21H29N3O6S/c1-21(2,3)30-20(28)22-8-9-29-10-11-31-14-6-7-17-15(12-14)18(25)16(19(26)27)13-24(17)23(4)5/h6-7,12-13H,8-11H2,1-5H3,(H,22,28)(H,26,27). The number of fused-ring (bicyclic) bond motifs is 1. The van der Waals surface area contributed by atoms with Gasteiger partial charge >= 0.3 is 12.1 Å². The summed E-state index contributed by atoms with van der Waals surface area (Å²) >= 11 is 1.50. The Bertz CT molecular complexity index is 997. The number of carboxylic acid groups (broad SMARTS) is 1. The monoisotopic (exact) mass is 451 g/mol. The molecular weight excluding hydrogens is 422 g/mol. The van der Waals surface area contributed by atoms with Crippen LogP contribution in [0.25, 0.3) is 10.9 Å². The van der Waals surface area contributed by atoms with Gasteiger partial charge in [0.15, 0.2) is 0 Å². The van der Waals surface area contributed by atoms with Gasteiger partial charge in [0.05, 0.1) is 18.7 Å². The summed E-state index contributed by atoms with van der Waals surface area (Å²) in [5, 5.41) is 14.0. The number of amides is 1. The van der Waals surface area contributed by atoms with Crippen molar-refractivity contribution in [3.8, 4) is 0 Å². The van der Waals surface area contributed by atoms with Crippen LogP contribution >= 0.6 is 11.8 Å². The van der Waals surface area contributed by atoms with E-state index in [1.165, 1.54) is 18.0 Å². The molecule has 0 saturated heterocycles. The van der Waals surface area contributed by atoms with Crippen molar-refractivity contribution in [1.29, 1.82) is 0 Å². The summed E-state index contributed by atoms with van der Waals surface area (Å²) in [7, 11) is 3.54. The summed E-state index contributed by atoms with van der Waals surface area (Å²) < 4.78 is 12.3. The van der Waals surface area contributed by atoms with Crippen LogP contribution in [0.1, 0.15) is 31.1 Å². The van der Waals surface area contributed by atoms with E-state index in [4.69, 9.17) is 9.47 Å². The van der Waals surface area contributed by atoms with E-state index in [1.807, 2.05) is 6.07 Å². The van der Waals surface area contributed by atoms with Crippen LogP contribution in [0.2, 0.25) is 0 Å². The van der Waals surface area contributed by atoms with Gasteiger partial charge in [-0.1, -0.05) is 0 Å². The summed E-state index contributed by atoms with van der Waals surface area (Å²) in [6.45, 7) is 6.54. The Morgan fingerprint density at radius 3 is 2.55 bits per heavy atom. The largest absolute Gasteiger partial charge is 0.477 e. The molecule has 0 bridgehead atoms. The van der Waals surface area contributed by atoms with Crippen LogP contribution in [-0.4, -0.2) is 67.1 Å². The number of benzene rings is 1. The smallest absolute Gasteiger partial charge is 0.407 e. The van der Waals surface area contributed by atoms with Crippen LogP contribution in [0.3, 0.4) is 0 Å². The first-order valence-corrected chi connectivity index (χ1v) is 10.8. The fourth-order valence-electron chi connectivity index (χ4n) is 2.73. The molecule has 0 unspecified atom stereocenters. The third-order valence-corrected chi connectivity index (χ3v) is 4.99. The van der Waals surface area contributed by atoms with E-state index < -0.39 is 23.1 Å². The summed E-state index contributed by atoms with van der Waals surface area (Å²) in [4.78, 5) is 36.4. The molecule has 2 N–H and O–H groups in total. The van der Waals surface area contributed by atoms with Gasteiger partial charge in [-0.15, -0.1) is 11.8 Å². The van der Waals surface area contributed by atoms with Crippen molar-refractivity contribution in [2.24, 2.45) is 0 Å².